The molecule has 2 aliphatic rings. The van der Waals surface area contributed by atoms with E-state index in [4.69, 9.17) is 18.9 Å². The number of hydrogen-bond acceptors (Lipinski definition) is 5. The lowest BCUT2D eigenvalue weighted by atomic mass is 9.89. The first-order valence-corrected chi connectivity index (χ1v) is 7.99. The van der Waals surface area contributed by atoms with Crippen LogP contribution >= 0.6 is 0 Å². The molecule has 5 heteroatoms. The number of methoxy groups -OCH3 is 1. The highest BCUT2D eigenvalue weighted by Gasteiger charge is 2.41. The van der Waals surface area contributed by atoms with E-state index in [9.17, 15) is 4.79 Å². The highest BCUT2D eigenvalue weighted by Crippen LogP contribution is 2.51. The Kier molecular flexibility index (Phi) is 3.56. The lowest BCUT2D eigenvalue weighted by Gasteiger charge is -2.28. The zero-order valence-corrected chi connectivity index (χ0v) is 13.6. The summed E-state index contributed by atoms with van der Waals surface area (Å²) >= 11 is 0. The van der Waals surface area contributed by atoms with Crippen molar-refractivity contribution in [3.63, 3.8) is 0 Å². The van der Waals surface area contributed by atoms with Crippen molar-refractivity contribution in [3.8, 4) is 17.2 Å². The van der Waals surface area contributed by atoms with Gasteiger partial charge in [-0.3, -0.25) is 0 Å². The van der Waals surface area contributed by atoms with Crippen LogP contribution in [-0.4, -0.2) is 26.3 Å². The van der Waals surface area contributed by atoms with Crippen LogP contribution in [0.4, 0.5) is 0 Å². The second kappa shape index (κ2) is 5.74. The predicted molar refractivity (Wildman–Crippen MR) is 87.0 cm³/mol. The van der Waals surface area contributed by atoms with Crippen LogP contribution in [0.15, 0.2) is 36.4 Å². The number of carbonyl (C=O) groups is 1. The third kappa shape index (κ3) is 2.28. The van der Waals surface area contributed by atoms with Crippen LogP contribution in [0.1, 0.15) is 40.4 Å². The molecule has 2 heterocycles. The maximum absolute atomic E-state index is 11.9. The average Bonchev–Trinajstić information content (AvgIpc) is 2.99. The summed E-state index contributed by atoms with van der Waals surface area (Å²) < 4.78 is 22.4. The standard InChI is InChI=1S/C19H18O5/c1-3-22-19(20)11-4-6-14-16(8-11)23-10-15-13-7-5-12(21-2)9-17(13)24-18(14)15/h4-9,15,18H,3,10H2,1-2H3/t15-,18-/m1/s1. The highest BCUT2D eigenvalue weighted by molar-refractivity contribution is 5.90. The topological polar surface area (TPSA) is 54.0 Å². The van der Waals surface area contributed by atoms with Gasteiger partial charge in [-0.15, -0.1) is 0 Å². The first-order chi connectivity index (χ1) is 11.7. The fourth-order valence-electron chi connectivity index (χ4n) is 3.30. The second-order valence-corrected chi connectivity index (χ2v) is 5.83. The second-order valence-electron chi connectivity index (χ2n) is 5.83. The number of carbonyl (C=O) groups excluding carboxylic acids is 1. The number of esters is 1. The zero-order valence-electron chi connectivity index (χ0n) is 13.6. The van der Waals surface area contributed by atoms with Gasteiger partial charge in [0.25, 0.3) is 0 Å². The number of fused-ring (bicyclic) bond motifs is 5. The Balaban J connectivity index is 1.67. The summed E-state index contributed by atoms with van der Waals surface area (Å²) in [6.07, 6.45) is -0.105. The SMILES string of the molecule is CCOC(=O)c1ccc2c(c1)OC[C@@H]1c3ccc(OC)cc3O[C@H]21. The molecule has 0 fully saturated rings. The fraction of sp³-hybridized carbons (Fsp3) is 0.316. The first-order valence-electron chi connectivity index (χ1n) is 7.99. The molecule has 0 radical (unpaired) electrons. The van der Waals surface area contributed by atoms with Gasteiger partial charge in [0.05, 0.1) is 31.8 Å². The van der Waals surface area contributed by atoms with Gasteiger partial charge >= 0.3 is 5.97 Å². The minimum absolute atomic E-state index is 0.105. The van der Waals surface area contributed by atoms with Crippen LogP contribution in [0.25, 0.3) is 0 Å². The average molecular weight is 326 g/mol. The summed E-state index contributed by atoms with van der Waals surface area (Å²) in [5.41, 5.74) is 2.57. The van der Waals surface area contributed by atoms with Gasteiger partial charge in [-0.1, -0.05) is 12.1 Å². The molecule has 2 aromatic carbocycles. The molecule has 4 rings (SSSR count). The van der Waals surface area contributed by atoms with Crippen LogP contribution < -0.4 is 14.2 Å². The molecule has 0 aliphatic carbocycles. The number of benzene rings is 2. The summed E-state index contributed by atoms with van der Waals surface area (Å²) in [5.74, 6) is 2.08. The Bertz CT molecular complexity index is 798. The van der Waals surface area contributed by atoms with E-state index in [1.54, 1.807) is 26.2 Å². The smallest absolute Gasteiger partial charge is 0.338 e. The third-order valence-electron chi connectivity index (χ3n) is 4.49. The summed E-state index contributed by atoms with van der Waals surface area (Å²) in [6.45, 7) is 2.65. The number of hydrogen-bond donors (Lipinski definition) is 0. The Morgan fingerprint density at radius 3 is 2.79 bits per heavy atom. The lowest BCUT2D eigenvalue weighted by molar-refractivity contribution is 0.0525. The molecule has 0 spiro atoms. The number of ether oxygens (including phenoxy) is 4. The van der Waals surface area contributed by atoms with Crippen molar-refractivity contribution in [1.82, 2.24) is 0 Å². The molecule has 2 atom stereocenters. The minimum atomic E-state index is -0.341. The normalized spacial score (nSPS) is 20.1. The van der Waals surface area contributed by atoms with Crippen LogP contribution in [0.5, 0.6) is 17.2 Å². The van der Waals surface area contributed by atoms with E-state index in [0.717, 1.165) is 22.6 Å². The van der Waals surface area contributed by atoms with Gasteiger partial charge in [-0.25, -0.2) is 4.79 Å². The number of rotatable bonds is 3. The molecular weight excluding hydrogens is 308 g/mol. The molecule has 5 nitrogen and oxygen atoms in total. The lowest BCUT2D eigenvalue weighted by Crippen LogP contribution is -2.23. The van der Waals surface area contributed by atoms with Gasteiger partial charge in [0.15, 0.2) is 0 Å². The summed E-state index contributed by atoms with van der Waals surface area (Å²) in [5, 5.41) is 0. The molecule has 0 aromatic heterocycles. The predicted octanol–water partition coefficient (Wildman–Crippen LogP) is 3.48. The van der Waals surface area contributed by atoms with E-state index in [2.05, 4.69) is 0 Å². The zero-order chi connectivity index (χ0) is 16.7. The summed E-state index contributed by atoms with van der Waals surface area (Å²) in [6, 6.07) is 11.2. The van der Waals surface area contributed by atoms with E-state index in [0.29, 0.717) is 24.5 Å². The van der Waals surface area contributed by atoms with Crippen LogP contribution in [0, 0.1) is 0 Å². The largest absolute Gasteiger partial charge is 0.497 e. The van der Waals surface area contributed by atoms with E-state index < -0.39 is 0 Å². The maximum atomic E-state index is 11.9. The first kappa shape index (κ1) is 14.9. The molecule has 0 unspecified atom stereocenters. The van der Waals surface area contributed by atoms with E-state index in [1.807, 2.05) is 24.3 Å². The molecule has 0 saturated heterocycles. The van der Waals surface area contributed by atoms with E-state index >= 15 is 0 Å². The van der Waals surface area contributed by atoms with Crippen molar-refractivity contribution < 1.29 is 23.7 Å². The van der Waals surface area contributed by atoms with Crippen LogP contribution in [-0.2, 0) is 4.74 Å². The van der Waals surface area contributed by atoms with Crippen molar-refractivity contribution in [2.45, 2.75) is 18.9 Å². The monoisotopic (exact) mass is 326 g/mol. The highest BCUT2D eigenvalue weighted by atomic mass is 16.5. The molecule has 0 bridgehead atoms. The minimum Gasteiger partial charge on any atom is -0.497 e. The van der Waals surface area contributed by atoms with Crippen molar-refractivity contribution in [2.75, 3.05) is 20.3 Å². The fourth-order valence-corrected chi connectivity index (χ4v) is 3.30. The Labute approximate surface area is 140 Å². The molecule has 124 valence electrons. The van der Waals surface area contributed by atoms with Crippen molar-refractivity contribution in [2.24, 2.45) is 0 Å². The molecule has 2 aliphatic heterocycles. The Morgan fingerprint density at radius 2 is 2.00 bits per heavy atom. The quantitative estimate of drug-likeness (QED) is 0.808. The molecule has 24 heavy (non-hydrogen) atoms. The molecular formula is C19H18O5. The summed E-state index contributed by atoms with van der Waals surface area (Å²) in [4.78, 5) is 11.9. The van der Waals surface area contributed by atoms with Gasteiger partial charge < -0.3 is 18.9 Å². The molecule has 0 saturated carbocycles. The van der Waals surface area contributed by atoms with E-state index in [-0.39, 0.29) is 18.0 Å². The Hall–Kier alpha value is -2.69. The van der Waals surface area contributed by atoms with Gasteiger partial charge in [-0.05, 0) is 25.1 Å². The van der Waals surface area contributed by atoms with Gasteiger partial charge in [0.2, 0.25) is 0 Å². The molecule has 0 N–H and O–H groups in total. The van der Waals surface area contributed by atoms with Crippen LogP contribution in [0.2, 0.25) is 0 Å². The van der Waals surface area contributed by atoms with Crippen molar-refractivity contribution in [1.29, 1.82) is 0 Å². The maximum Gasteiger partial charge on any atom is 0.338 e. The van der Waals surface area contributed by atoms with Crippen molar-refractivity contribution >= 4 is 5.97 Å². The third-order valence-corrected chi connectivity index (χ3v) is 4.49. The Morgan fingerprint density at radius 1 is 1.17 bits per heavy atom. The van der Waals surface area contributed by atoms with Gasteiger partial charge in [-0.2, -0.15) is 0 Å². The van der Waals surface area contributed by atoms with Gasteiger partial charge in [0.1, 0.15) is 23.4 Å². The van der Waals surface area contributed by atoms with Gasteiger partial charge in [0, 0.05) is 17.2 Å². The van der Waals surface area contributed by atoms with E-state index in [1.165, 1.54) is 0 Å². The molecule has 2 aromatic rings. The summed E-state index contributed by atoms with van der Waals surface area (Å²) in [7, 11) is 1.64. The molecule has 0 amide bonds. The van der Waals surface area contributed by atoms with Crippen molar-refractivity contribution in [3.05, 3.63) is 53.1 Å². The van der Waals surface area contributed by atoms with Crippen LogP contribution in [0.3, 0.4) is 0 Å².